The fraction of sp³-hybridized carbons (Fsp3) is 0.882. The van der Waals surface area contributed by atoms with E-state index in [0.717, 1.165) is 19.4 Å². The Morgan fingerprint density at radius 1 is 1.18 bits per heavy atom. The maximum absolute atomic E-state index is 12.8. The monoisotopic (exact) mass is 310 g/mol. The van der Waals surface area contributed by atoms with E-state index in [-0.39, 0.29) is 17.9 Å². The molecule has 1 saturated carbocycles. The number of likely N-dealkylation sites (tertiary alicyclic amines) is 1. The Morgan fingerprint density at radius 3 is 2.41 bits per heavy atom. The summed E-state index contributed by atoms with van der Waals surface area (Å²) in [5.41, 5.74) is 0. The summed E-state index contributed by atoms with van der Waals surface area (Å²) < 4.78 is 0. The standard InChI is InChI=1S/C17H30N2O3/c1-12-9-14(17(21)22)11-19(10-12)13(2)16(20)18(3)15-7-5-4-6-8-15/h12-15H,4-11H2,1-3H3,(H,21,22). The average Bonchev–Trinajstić information content (AvgIpc) is 2.53. The van der Waals surface area contributed by atoms with Gasteiger partial charge in [-0.25, -0.2) is 0 Å². The van der Waals surface area contributed by atoms with Crippen molar-refractivity contribution in [1.82, 2.24) is 9.80 Å². The lowest BCUT2D eigenvalue weighted by Crippen LogP contribution is -2.54. The summed E-state index contributed by atoms with van der Waals surface area (Å²) in [5, 5.41) is 9.29. The van der Waals surface area contributed by atoms with E-state index in [9.17, 15) is 14.7 Å². The van der Waals surface area contributed by atoms with Crippen LogP contribution in [0.3, 0.4) is 0 Å². The van der Waals surface area contributed by atoms with Crippen LogP contribution >= 0.6 is 0 Å². The number of carbonyl (C=O) groups is 2. The van der Waals surface area contributed by atoms with Gasteiger partial charge >= 0.3 is 5.97 Å². The van der Waals surface area contributed by atoms with Gasteiger partial charge in [0, 0.05) is 26.2 Å². The first-order chi connectivity index (χ1) is 10.4. The van der Waals surface area contributed by atoms with Crippen LogP contribution in [0.1, 0.15) is 52.4 Å². The summed E-state index contributed by atoms with van der Waals surface area (Å²) >= 11 is 0. The number of carboxylic acid groups (broad SMARTS) is 1. The zero-order valence-electron chi connectivity index (χ0n) is 14.1. The van der Waals surface area contributed by atoms with E-state index in [0.29, 0.717) is 24.9 Å². The van der Waals surface area contributed by atoms with Crippen molar-refractivity contribution in [3.8, 4) is 0 Å². The van der Waals surface area contributed by atoms with Gasteiger partial charge in [0.25, 0.3) is 0 Å². The minimum atomic E-state index is -0.739. The second kappa shape index (κ2) is 7.44. The van der Waals surface area contributed by atoms with Gasteiger partial charge in [-0.15, -0.1) is 0 Å². The van der Waals surface area contributed by atoms with Crippen molar-refractivity contribution in [2.24, 2.45) is 11.8 Å². The van der Waals surface area contributed by atoms with Crippen LogP contribution in [0.5, 0.6) is 0 Å². The predicted octanol–water partition coefficient (Wildman–Crippen LogP) is 2.21. The molecule has 5 nitrogen and oxygen atoms in total. The molecule has 1 aliphatic carbocycles. The minimum absolute atomic E-state index is 0.144. The maximum Gasteiger partial charge on any atom is 0.307 e. The number of amides is 1. The van der Waals surface area contributed by atoms with Gasteiger partial charge in [0.2, 0.25) is 5.91 Å². The Bertz CT molecular complexity index is 407. The number of rotatable bonds is 4. The Kier molecular flexibility index (Phi) is 5.84. The Hall–Kier alpha value is -1.10. The van der Waals surface area contributed by atoms with Crippen LogP contribution in [0.15, 0.2) is 0 Å². The van der Waals surface area contributed by atoms with Crippen molar-refractivity contribution < 1.29 is 14.7 Å². The molecule has 1 heterocycles. The molecule has 22 heavy (non-hydrogen) atoms. The zero-order chi connectivity index (χ0) is 16.3. The largest absolute Gasteiger partial charge is 0.481 e. The van der Waals surface area contributed by atoms with Crippen molar-refractivity contribution in [2.75, 3.05) is 20.1 Å². The van der Waals surface area contributed by atoms with Crippen LogP contribution < -0.4 is 0 Å². The lowest BCUT2D eigenvalue weighted by atomic mass is 9.89. The van der Waals surface area contributed by atoms with E-state index < -0.39 is 5.97 Å². The maximum atomic E-state index is 12.8. The van der Waals surface area contributed by atoms with E-state index in [2.05, 4.69) is 11.8 Å². The number of piperidine rings is 1. The van der Waals surface area contributed by atoms with Crippen LogP contribution in [-0.4, -0.2) is 59.0 Å². The van der Waals surface area contributed by atoms with E-state index in [1.165, 1.54) is 19.3 Å². The van der Waals surface area contributed by atoms with Gasteiger partial charge in [-0.05, 0) is 32.1 Å². The molecule has 2 fully saturated rings. The van der Waals surface area contributed by atoms with Crippen LogP contribution in [0.4, 0.5) is 0 Å². The van der Waals surface area contributed by atoms with Crippen LogP contribution in [-0.2, 0) is 9.59 Å². The molecule has 2 aliphatic rings. The molecule has 1 saturated heterocycles. The summed E-state index contributed by atoms with van der Waals surface area (Å²) in [6, 6.07) is 0.137. The highest BCUT2D eigenvalue weighted by Crippen LogP contribution is 2.26. The summed E-state index contributed by atoms with van der Waals surface area (Å²) in [4.78, 5) is 28.0. The molecule has 0 aromatic carbocycles. The quantitative estimate of drug-likeness (QED) is 0.865. The molecule has 5 heteroatoms. The number of hydrogen-bond acceptors (Lipinski definition) is 3. The van der Waals surface area contributed by atoms with Crippen molar-refractivity contribution in [1.29, 1.82) is 0 Å². The molecule has 0 aromatic heterocycles. The molecule has 3 unspecified atom stereocenters. The Balaban J connectivity index is 1.97. The number of likely N-dealkylation sites (N-methyl/N-ethyl adjacent to an activating group) is 1. The van der Waals surface area contributed by atoms with E-state index >= 15 is 0 Å². The molecule has 1 amide bonds. The third-order valence-electron chi connectivity index (χ3n) is 5.41. The number of carbonyl (C=O) groups excluding carboxylic acids is 1. The summed E-state index contributed by atoms with van der Waals surface area (Å²) in [6.07, 6.45) is 6.60. The molecular weight excluding hydrogens is 280 g/mol. The highest BCUT2D eigenvalue weighted by molar-refractivity contribution is 5.81. The first kappa shape index (κ1) is 17.3. The van der Waals surface area contributed by atoms with Crippen molar-refractivity contribution in [3.05, 3.63) is 0 Å². The van der Waals surface area contributed by atoms with Crippen LogP contribution in [0, 0.1) is 11.8 Å². The minimum Gasteiger partial charge on any atom is -0.481 e. The fourth-order valence-electron chi connectivity index (χ4n) is 3.99. The first-order valence-corrected chi connectivity index (χ1v) is 8.63. The molecule has 0 bridgehead atoms. The molecule has 0 radical (unpaired) electrons. The van der Waals surface area contributed by atoms with Gasteiger partial charge in [-0.1, -0.05) is 26.2 Å². The van der Waals surface area contributed by atoms with E-state index in [4.69, 9.17) is 0 Å². The average molecular weight is 310 g/mol. The molecule has 1 aliphatic heterocycles. The molecular formula is C17H30N2O3. The molecule has 1 N–H and O–H groups in total. The Labute approximate surface area is 133 Å². The van der Waals surface area contributed by atoms with Crippen molar-refractivity contribution >= 4 is 11.9 Å². The summed E-state index contributed by atoms with van der Waals surface area (Å²) in [7, 11) is 1.91. The van der Waals surface area contributed by atoms with Crippen molar-refractivity contribution in [2.45, 2.75) is 64.5 Å². The second-order valence-electron chi connectivity index (χ2n) is 7.25. The number of aliphatic carboxylic acids is 1. The number of nitrogens with zero attached hydrogens (tertiary/aromatic N) is 2. The summed E-state index contributed by atoms with van der Waals surface area (Å²) in [5.74, 6) is -0.619. The van der Waals surface area contributed by atoms with Gasteiger partial charge in [-0.2, -0.15) is 0 Å². The molecule has 126 valence electrons. The SMILES string of the molecule is CC1CC(C(=O)O)CN(C(C)C(=O)N(C)C2CCCCC2)C1. The van der Waals surface area contributed by atoms with Crippen LogP contribution in [0.2, 0.25) is 0 Å². The fourth-order valence-corrected chi connectivity index (χ4v) is 3.99. The zero-order valence-corrected chi connectivity index (χ0v) is 14.1. The smallest absolute Gasteiger partial charge is 0.307 e. The normalized spacial score (nSPS) is 29.0. The molecule has 0 aromatic rings. The molecule has 3 atom stereocenters. The lowest BCUT2D eigenvalue weighted by Gasteiger charge is -2.40. The van der Waals surface area contributed by atoms with Gasteiger partial charge in [0.05, 0.1) is 12.0 Å². The van der Waals surface area contributed by atoms with Gasteiger partial charge in [-0.3, -0.25) is 14.5 Å². The predicted molar refractivity (Wildman–Crippen MR) is 85.6 cm³/mol. The number of carboxylic acids is 1. The highest BCUT2D eigenvalue weighted by Gasteiger charge is 2.35. The Morgan fingerprint density at radius 2 is 1.82 bits per heavy atom. The van der Waals surface area contributed by atoms with Crippen LogP contribution in [0.25, 0.3) is 0 Å². The topological polar surface area (TPSA) is 60.9 Å². The molecule has 0 spiro atoms. The van der Waals surface area contributed by atoms with E-state index in [1.54, 1.807) is 0 Å². The second-order valence-corrected chi connectivity index (χ2v) is 7.25. The first-order valence-electron chi connectivity index (χ1n) is 8.63. The van der Waals surface area contributed by atoms with Gasteiger partial charge in [0.15, 0.2) is 0 Å². The summed E-state index contributed by atoms with van der Waals surface area (Å²) in [6.45, 7) is 5.31. The number of hydrogen-bond donors (Lipinski definition) is 1. The third-order valence-corrected chi connectivity index (χ3v) is 5.41. The lowest BCUT2D eigenvalue weighted by molar-refractivity contribution is -0.148. The van der Waals surface area contributed by atoms with Gasteiger partial charge in [0.1, 0.15) is 0 Å². The molecule has 2 rings (SSSR count). The van der Waals surface area contributed by atoms with Crippen molar-refractivity contribution in [3.63, 3.8) is 0 Å². The highest BCUT2D eigenvalue weighted by atomic mass is 16.4. The van der Waals surface area contributed by atoms with E-state index in [1.807, 2.05) is 18.9 Å². The third kappa shape index (κ3) is 4.00. The van der Waals surface area contributed by atoms with Gasteiger partial charge < -0.3 is 10.0 Å².